The molecular formula is C16H22Cl4N2. The molecule has 0 aliphatic heterocycles. The molecule has 2 aromatic carbocycles. The number of quaternary nitrogens is 2. The fourth-order valence-electron chi connectivity index (χ4n) is 1.66. The van der Waals surface area contributed by atoms with Crippen molar-refractivity contribution in [1.29, 1.82) is 0 Å². The maximum Gasteiger partial charge on any atom is 0.107 e. The lowest BCUT2D eigenvalue weighted by Crippen LogP contribution is -3.00. The predicted molar refractivity (Wildman–Crippen MR) is 85.6 cm³/mol. The number of benzene rings is 2. The van der Waals surface area contributed by atoms with E-state index in [1.807, 2.05) is 60.7 Å². The summed E-state index contributed by atoms with van der Waals surface area (Å²) >= 11 is 11.9. The van der Waals surface area contributed by atoms with E-state index in [1.54, 1.807) is 0 Å². The van der Waals surface area contributed by atoms with Gasteiger partial charge in [0.1, 0.15) is 10.8 Å². The molecule has 0 amide bonds. The molecular weight excluding hydrogens is 362 g/mol. The van der Waals surface area contributed by atoms with Crippen LogP contribution < -0.4 is 36.3 Å². The molecule has 0 aliphatic rings. The summed E-state index contributed by atoms with van der Waals surface area (Å²) in [5.74, 6) is 0. The van der Waals surface area contributed by atoms with Crippen LogP contribution in [0.25, 0.3) is 0 Å². The summed E-state index contributed by atoms with van der Waals surface area (Å²) in [6.07, 6.45) is 0. The average molecular weight is 384 g/mol. The van der Waals surface area contributed by atoms with E-state index in [0.717, 1.165) is 24.2 Å². The van der Waals surface area contributed by atoms with Crippen LogP contribution in [0.4, 0.5) is 0 Å². The zero-order valence-corrected chi connectivity index (χ0v) is 15.3. The maximum atomic E-state index is 5.93. The van der Waals surface area contributed by atoms with E-state index in [0.29, 0.717) is 0 Å². The Kier molecular flexibility index (Phi) is 15.3. The highest BCUT2D eigenvalue weighted by Crippen LogP contribution is 2.17. The summed E-state index contributed by atoms with van der Waals surface area (Å²) in [6.45, 7) is 1.48. The van der Waals surface area contributed by atoms with Crippen molar-refractivity contribution in [2.75, 3.05) is 13.1 Å². The lowest BCUT2D eigenvalue weighted by molar-refractivity contribution is -0.368. The Morgan fingerprint density at radius 1 is 0.636 bits per heavy atom. The van der Waals surface area contributed by atoms with E-state index >= 15 is 0 Å². The van der Waals surface area contributed by atoms with Crippen molar-refractivity contribution in [1.82, 2.24) is 0 Å². The molecule has 0 radical (unpaired) electrons. The molecule has 0 saturated heterocycles. The molecule has 0 aliphatic carbocycles. The molecule has 0 unspecified atom stereocenters. The van der Waals surface area contributed by atoms with E-state index in [1.165, 1.54) is 0 Å². The predicted octanol–water partition coefficient (Wildman–Crippen LogP) is -3.58. The Labute approximate surface area is 155 Å². The third-order valence-corrected chi connectivity index (χ3v) is 3.77. The van der Waals surface area contributed by atoms with Gasteiger partial charge in [-0.15, -0.1) is 23.2 Å². The van der Waals surface area contributed by atoms with Gasteiger partial charge in [-0.2, -0.15) is 0 Å². The van der Waals surface area contributed by atoms with Gasteiger partial charge in [-0.25, -0.2) is 0 Å². The van der Waals surface area contributed by atoms with Crippen LogP contribution in [0, 0.1) is 0 Å². The van der Waals surface area contributed by atoms with Gasteiger partial charge in [-0.3, -0.25) is 0 Å². The molecule has 0 fully saturated rings. The number of hydrogen-bond acceptors (Lipinski definition) is 0. The number of hydrogen-bond donors (Lipinski definition) is 2. The third kappa shape index (κ3) is 8.84. The maximum absolute atomic E-state index is 5.93. The van der Waals surface area contributed by atoms with Gasteiger partial charge in [0.05, 0.1) is 13.1 Å². The highest BCUT2D eigenvalue weighted by atomic mass is 35.5. The molecule has 2 rings (SSSR count). The lowest BCUT2D eigenvalue weighted by atomic mass is 10.1. The van der Waals surface area contributed by atoms with Crippen LogP contribution in [0.5, 0.6) is 0 Å². The fourth-order valence-corrected chi connectivity index (χ4v) is 1.95. The van der Waals surface area contributed by atoms with Gasteiger partial charge in [0.2, 0.25) is 0 Å². The quantitative estimate of drug-likeness (QED) is 0.513. The molecule has 124 valence electrons. The molecule has 6 heteroatoms. The largest absolute Gasteiger partial charge is 1.00 e. The Hall–Kier alpha value is -0.480. The normalized spacial score (nSPS) is 11.8. The van der Waals surface area contributed by atoms with Crippen LogP contribution in [0.15, 0.2) is 60.7 Å². The van der Waals surface area contributed by atoms with E-state index < -0.39 is 0 Å². The van der Waals surface area contributed by atoms with Crippen LogP contribution in [0.3, 0.4) is 0 Å². The van der Waals surface area contributed by atoms with Gasteiger partial charge < -0.3 is 36.3 Å². The SMILES string of the molecule is [Cl-].[Cl-].[NH3+]C[C@H](Cl)c1ccccc1.[NH3+]C[C@H](Cl)c1ccccc1. The molecule has 2 atom stereocenters. The topological polar surface area (TPSA) is 55.3 Å². The summed E-state index contributed by atoms with van der Waals surface area (Å²) in [6, 6.07) is 20.0. The summed E-state index contributed by atoms with van der Waals surface area (Å²) in [4.78, 5) is 0. The standard InChI is InChI=1S/2C8H10ClN.2ClH/c2*9-8(6-10)7-4-2-1-3-5-7;;/h2*1-5,8H,6,10H2;2*1H/t2*8-;;/m00../s1. The smallest absolute Gasteiger partial charge is 0.107 e. The van der Waals surface area contributed by atoms with Crippen molar-refractivity contribution >= 4 is 23.2 Å². The molecule has 6 N–H and O–H groups in total. The zero-order chi connectivity index (χ0) is 14.8. The van der Waals surface area contributed by atoms with Gasteiger partial charge in [0.25, 0.3) is 0 Å². The minimum absolute atomic E-state index is 0. The van der Waals surface area contributed by atoms with E-state index in [9.17, 15) is 0 Å². The van der Waals surface area contributed by atoms with Gasteiger partial charge in [-0.1, -0.05) is 60.7 Å². The number of rotatable bonds is 4. The van der Waals surface area contributed by atoms with Gasteiger partial charge in [-0.05, 0) is 11.1 Å². The molecule has 2 nitrogen and oxygen atoms in total. The molecule has 0 heterocycles. The van der Waals surface area contributed by atoms with Crippen LogP contribution in [0.1, 0.15) is 21.9 Å². The average Bonchev–Trinajstić information content (AvgIpc) is 2.55. The summed E-state index contributed by atoms with van der Waals surface area (Å²) in [5.41, 5.74) is 9.76. The molecule has 0 aromatic heterocycles. The molecule has 0 saturated carbocycles. The Balaban J connectivity index is 0. The zero-order valence-electron chi connectivity index (χ0n) is 12.3. The van der Waals surface area contributed by atoms with Crippen molar-refractivity contribution in [3.05, 3.63) is 71.8 Å². The first-order chi connectivity index (χ1) is 9.69. The van der Waals surface area contributed by atoms with Crippen molar-refractivity contribution in [3.8, 4) is 0 Å². The van der Waals surface area contributed by atoms with Crippen LogP contribution in [-0.2, 0) is 0 Å². The lowest BCUT2D eigenvalue weighted by Gasteiger charge is -2.02. The molecule has 22 heavy (non-hydrogen) atoms. The monoisotopic (exact) mass is 382 g/mol. The van der Waals surface area contributed by atoms with Crippen molar-refractivity contribution in [2.45, 2.75) is 10.8 Å². The minimum atomic E-state index is 0. The minimum Gasteiger partial charge on any atom is -1.00 e. The Morgan fingerprint density at radius 2 is 0.909 bits per heavy atom. The Bertz CT molecular complexity index is 423. The summed E-state index contributed by atoms with van der Waals surface area (Å²) in [5, 5.41) is 0.141. The first-order valence-corrected chi connectivity index (χ1v) is 7.52. The second-order valence-corrected chi connectivity index (χ2v) is 5.39. The highest BCUT2D eigenvalue weighted by Gasteiger charge is 2.05. The van der Waals surface area contributed by atoms with E-state index in [2.05, 4.69) is 11.5 Å². The van der Waals surface area contributed by atoms with Crippen LogP contribution in [0.2, 0.25) is 0 Å². The van der Waals surface area contributed by atoms with Crippen molar-refractivity contribution in [3.63, 3.8) is 0 Å². The third-order valence-electron chi connectivity index (χ3n) is 2.83. The van der Waals surface area contributed by atoms with E-state index in [-0.39, 0.29) is 35.6 Å². The first kappa shape index (κ1) is 23.8. The van der Waals surface area contributed by atoms with Crippen molar-refractivity contribution in [2.24, 2.45) is 0 Å². The second kappa shape index (κ2) is 14.1. The van der Waals surface area contributed by atoms with Gasteiger partial charge in [0.15, 0.2) is 0 Å². The fraction of sp³-hybridized carbons (Fsp3) is 0.250. The molecule has 0 bridgehead atoms. The summed E-state index contributed by atoms with van der Waals surface area (Å²) in [7, 11) is 0. The number of halogens is 4. The first-order valence-electron chi connectivity index (χ1n) is 6.65. The number of alkyl halides is 2. The second-order valence-electron chi connectivity index (χ2n) is 4.33. The highest BCUT2D eigenvalue weighted by molar-refractivity contribution is 6.21. The van der Waals surface area contributed by atoms with Crippen LogP contribution >= 0.6 is 23.2 Å². The van der Waals surface area contributed by atoms with Gasteiger partial charge in [0, 0.05) is 0 Å². The van der Waals surface area contributed by atoms with E-state index in [4.69, 9.17) is 23.2 Å². The molecule has 2 aromatic rings. The summed E-state index contributed by atoms with van der Waals surface area (Å²) < 4.78 is 0. The van der Waals surface area contributed by atoms with Crippen molar-refractivity contribution < 1.29 is 36.3 Å². The van der Waals surface area contributed by atoms with Gasteiger partial charge >= 0.3 is 0 Å². The van der Waals surface area contributed by atoms with Crippen LogP contribution in [-0.4, -0.2) is 13.1 Å². The molecule has 0 spiro atoms. The Morgan fingerprint density at radius 3 is 1.14 bits per heavy atom.